The normalized spacial score (nSPS) is 25.6. The number of ether oxygens (including phenoxy) is 1. The summed E-state index contributed by atoms with van der Waals surface area (Å²) in [6.07, 6.45) is -0.380. The summed E-state index contributed by atoms with van der Waals surface area (Å²) in [5, 5.41) is 13.7. The van der Waals surface area contributed by atoms with E-state index in [2.05, 4.69) is 10.6 Å². The fourth-order valence-corrected chi connectivity index (χ4v) is 4.96. The van der Waals surface area contributed by atoms with Crippen molar-refractivity contribution in [1.29, 1.82) is 0 Å². The van der Waals surface area contributed by atoms with Crippen molar-refractivity contribution in [2.24, 2.45) is 23.7 Å². The monoisotopic (exact) mass is 470 g/mol. The topological polar surface area (TPSA) is 105 Å². The number of rotatable bonds is 8. The lowest BCUT2D eigenvalue weighted by Gasteiger charge is -2.14. The van der Waals surface area contributed by atoms with Crippen molar-refractivity contribution in [3.63, 3.8) is 0 Å². The number of halogens is 2. The van der Waals surface area contributed by atoms with Gasteiger partial charge in [-0.05, 0) is 34.6 Å². The number of benzene rings is 2. The van der Waals surface area contributed by atoms with Crippen LogP contribution in [0.4, 0.5) is 13.6 Å². The largest absolute Gasteiger partial charge is 0.481 e. The number of carboxylic acids is 1. The third-order valence-electron chi connectivity index (χ3n) is 7.07. The van der Waals surface area contributed by atoms with Crippen molar-refractivity contribution in [2.45, 2.75) is 18.3 Å². The van der Waals surface area contributed by atoms with Crippen LogP contribution in [0.5, 0.6) is 0 Å². The van der Waals surface area contributed by atoms with Crippen LogP contribution in [0.2, 0.25) is 0 Å². The van der Waals surface area contributed by atoms with E-state index in [-0.39, 0.29) is 31.5 Å². The molecule has 3 N–H and O–H groups in total. The lowest BCUT2D eigenvalue weighted by molar-refractivity contribution is -0.139. The fraction of sp³-hybridized carbons (Fsp3) is 0.400. The van der Waals surface area contributed by atoms with Crippen molar-refractivity contribution in [3.05, 3.63) is 59.7 Å². The Bertz CT molecular complexity index is 1110. The smallest absolute Gasteiger partial charge is 0.407 e. The maximum atomic E-state index is 14.1. The van der Waals surface area contributed by atoms with Crippen LogP contribution >= 0.6 is 0 Å². The first-order chi connectivity index (χ1) is 16.3. The summed E-state index contributed by atoms with van der Waals surface area (Å²) in [4.78, 5) is 35.2. The lowest BCUT2D eigenvalue weighted by atomic mass is 9.98. The van der Waals surface area contributed by atoms with Gasteiger partial charge in [-0.2, -0.15) is 0 Å². The van der Waals surface area contributed by atoms with Crippen LogP contribution < -0.4 is 10.6 Å². The number of hydrogen-bond acceptors (Lipinski definition) is 4. The molecule has 2 amide bonds. The zero-order valence-electron chi connectivity index (χ0n) is 18.2. The molecule has 7 nitrogen and oxygen atoms in total. The molecule has 0 saturated heterocycles. The predicted octanol–water partition coefficient (Wildman–Crippen LogP) is 3.24. The van der Waals surface area contributed by atoms with E-state index < -0.39 is 41.6 Å². The van der Waals surface area contributed by atoms with Crippen molar-refractivity contribution in [1.82, 2.24) is 10.6 Å². The average molecular weight is 470 g/mol. The molecular weight excluding hydrogens is 446 g/mol. The highest BCUT2D eigenvalue weighted by molar-refractivity contribution is 5.84. The summed E-state index contributed by atoms with van der Waals surface area (Å²) in [6, 6.07) is 15.7. The van der Waals surface area contributed by atoms with Gasteiger partial charge in [0.15, 0.2) is 0 Å². The number of amides is 2. The fourth-order valence-electron chi connectivity index (χ4n) is 4.96. The van der Waals surface area contributed by atoms with E-state index in [0.29, 0.717) is 6.42 Å². The molecule has 2 fully saturated rings. The summed E-state index contributed by atoms with van der Waals surface area (Å²) in [7, 11) is 0. The Labute approximate surface area is 194 Å². The molecule has 0 radical (unpaired) electrons. The molecule has 3 aliphatic carbocycles. The van der Waals surface area contributed by atoms with Gasteiger partial charge in [0.1, 0.15) is 12.5 Å². The summed E-state index contributed by atoms with van der Waals surface area (Å²) < 4.78 is 33.6. The van der Waals surface area contributed by atoms with Gasteiger partial charge in [0.2, 0.25) is 5.91 Å². The second-order valence-corrected chi connectivity index (χ2v) is 9.15. The minimum Gasteiger partial charge on any atom is -0.481 e. The van der Waals surface area contributed by atoms with Crippen molar-refractivity contribution >= 4 is 18.0 Å². The minimum absolute atomic E-state index is 0.0644. The van der Waals surface area contributed by atoms with Gasteiger partial charge in [0, 0.05) is 19.0 Å². The molecular formula is C25H24F2N2O5. The zero-order chi connectivity index (χ0) is 24.0. The van der Waals surface area contributed by atoms with E-state index in [0.717, 1.165) is 22.3 Å². The number of fused-ring (bicyclic) bond motifs is 3. The first-order valence-corrected chi connectivity index (χ1v) is 11.3. The molecule has 0 heterocycles. The van der Waals surface area contributed by atoms with E-state index in [1.807, 2.05) is 48.5 Å². The molecule has 0 aromatic heterocycles. The summed E-state index contributed by atoms with van der Waals surface area (Å²) in [5.74, 6) is -8.73. The Morgan fingerprint density at radius 3 is 2.18 bits per heavy atom. The number of nitrogens with one attached hydrogen (secondary N) is 2. The van der Waals surface area contributed by atoms with E-state index in [1.165, 1.54) is 0 Å². The van der Waals surface area contributed by atoms with Gasteiger partial charge in [-0.25, -0.2) is 13.6 Å². The number of carbonyl (C=O) groups is 3. The molecule has 2 aromatic rings. The van der Waals surface area contributed by atoms with Gasteiger partial charge >= 0.3 is 12.1 Å². The average Bonchev–Trinajstić information content (AvgIpc) is 3.68. The highest BCUT2D eigenvalue weighted by atomic mass is 19.3. The highest BCUT2D eigenvalue weighted by Gasteiger charge is 2.71. The number of alkyl carbamates (subject to hydrolysis) is 1. The third kappa shape index (κ3) is 3.99. The van der Waals surface area contributed by atoms with Gasteiger partial charge in [-0.3, -0.25) is 9.59 Å². The van der Waals surface area contributed by atoms with Crippen LogP contribution in [0.25, 0.3) is 11.1 Å². The van der Waals surface area contributed by atoms with E-state index in [4.69, 9.17) is 9.84 Å². The maximum absolute atomic E-state index is 14.1. The van der Waals surface area contributed by atoms with Gasteiger partial charge in [0.05, 0.1) is 11.8 Å². The van der Waals surface area contributed by atoms with Gasteiger partial charge in [-0.1, -0.05) is 48.5 Å². The first kappa shape index (κ1) is 22.3. The summed E-state index contributed by atoms with van der Waals surface area (Å²) in [6.45, 7) is -0.255. The molecule has 0 bridgehead atoms. The summed E-state index contributed by atoms with van der Waals surface area (Å²) >= 11 is 0. The van der Waals surface area contributed by atoms with Crippen LogP contribution in [0.1, 0.15) is 23.5 Å². The lowest BCUT2D eigenvalue weighted by Crippen LogP contribution is -2.31. The number of carbonyl (C=O) groups excluding carboxylic acids is 2. The van der Waals surface area contributed by atoms with Crippen LogP contribution in [-0.4, -0.2) is 48.7 Å². The maximum Gasteiger partial charge on any atom is 0.407 e. The molecule has 4 atom stereocenters. The van der Waals surface area contributed by atoms with Crippen molar-refractivity contribution in [2.75, 3.05) is 19.7 Å². The highest BCUT2D eigenvalue weighted by Crippen LogP contribution is 2.55. The van der Waals surface area contributed by atoms with E-state index >= 15 is 0 Å². The SMILES string of the molecule is O=C(NC[C@H]1[C@@H](C(=O)NC[C@@H]2C[C@@H]2C(=O)O)C1(F)F)OCC1c2ccccc2-c2ccccc21. The van der Waals surface area contributed by atoms with Crippen LogP contribution in [0.3, 0.4) is 0 Å². The zero-order valence-corrected chi connectivity index (χ0v) is 18.2. The molecule has 0 spiro atoms. The van der Waals surface area contributed by atoms with Crippen molar-refractivity contribution < 1.29 is 33.0 Å². The number of carboxylic acid groups (broad SMARTS) is 1. The van der Waals surface area contributed by atoms with Crippen LogP contribution in [0, 0.1) is 23.7 Å². The number of alkyl halides is 2. The Morgan fingerprint density at radius 1 is 0.971 bits per heavy atom. The second kappa shape index (κ2) is 8.38. The Balaban J connectivity index is 1.11. The number of hydrogen-bond donors (Lipinski definition) is 3. The van der Waals surface area contributed by atoms with E-state index in [9.17, 15) is 23.2 Å². The molecule has 0 unspecified atom stereocenters. The summed E-state index contributed by atoms with van der Waals surface area (Å²) in [5.41, 5.74) is 4.25. The molecule has 5 rings (SSSR count). The van der Waals surface area contributed by atoms with Crippen molar-refractivity contribution in [3.8, 4) is 11.1 Å². The number of aliphatic carboxylic acids is 1. The van der Waals surface area contributed by atoms with Gasteiger partial charge in [-0.15, -0.1) is 0 Å². The quantitative estimate of drug-likeness (QED) is 0.550. The van der Waals surface area contributed by atoms with Crippen LogP contribution in [0.15, 0.2) is 48.5 Å². The van der Waals surface area contributed by atoms with Crippen LogP contribution in [-0.2, 0) is 14.3 Å². The molecule has 3 aliphatic rings. The molecule has 0 aliphatic heterocycles. The second-order valence-electron chi connectivity index (χ2n) is 9.15. The first-order valence-electron chi connectivity index (χ1n) is 11.3. The molecule has 9 heteroatoms. The van der Waals surface area contributed by atoms with Gasteiger partial charge in [0.25, 0.3) is 5.92 Å². The Morgan fingerprint density at radius 2 is 1.59 bits per heavy atom. The molecule has 34 heavy (non-hydrogen) atoms. The third-order valence-corrected chi connectivity index (χ3v) is 7.07. The Hall–Kier alpha value is -3.49. The standard InChI is InChI=1S/C25H24F2N2O5/c26-25(27)20(21(25)22(30)28-10-13-9-18(13)23(31)32)11-29-24(33)34-12-19-16-7-3-1-5-14(16)15-6-2-4-8-17(15)19/h1-8,13,18-21H,9-12H2,(H,28,30)(H,29,33)(H,31,32)/t13-,18-,20-,21-/m0/s1. The molecule has 178 valence electrons. The van der Waals surface area contributed by atoms with E-state index in [1.54, 1.807) is 0 Å². The molecule has 2 saturated carbocycles. The van der Waals surface area contributed by atoms with Gasteiger partial charge < -0.3 is 20.5 Å². The predicted molar refractivity (Wildman–Crippen MR) is 117 cm³/mol. The Kier molecular flexibility index (Phi) is 5.50. The molecule has 2 aromatic carbocycles. The minimum atomic E-state index is -3.23.